The van der Waals surface area contributed by atoms with Gasteiger partial charge in [0.25, 0.3) is 0 Å². The van der Waals surface area contributed by atoms with Gasteiger partial charge in [-0.2, -0.15) is 0 Å². The van der Waals surface area contributed by atoms with Crippen molar-refractivity contribution in [2.75, 3.05) is 7.11 Å². The van der Waals surface area contributed by atoms with Gasteiger partial charge in [-0.05, 0) is 19.8 Å². The summed E-state index contributed by atoms with van der Waals surface area (Å²) in [6.45, 7) is 3.51. The van der Waals surface area contributed by atoms with Crippen molar-refractivity contribution in [3.8, 4) is 0 Å². The van der Waals surface area contributed by atoms with Crippen LogP contribution in [0.5, 0.6) is 0 Å². The molecule has 0 aromatic carbocycles. The average molecular weight is 198 g/mol. The van der Waals surface area contributed by atoms with E-state index in [0.717, 1.165) is 6.42 Å². The summed E-state index contributed by atoms with van der Waals surface area (Å²) in [4.78, 5) is 22.1. The summed E-state index contributed by atoms with van der Waals surface area (Å²) in [5, 5.41) is 0. The fraction of sp³-hybridized carbons (Fsp3) is 0.636. The van der Waals surface area contributed by atoms with E-state index in [4.69, 9.17) is 0 Å². The van der Waals surface area contributed by atoms with Gasteiger partial charge in [0.2, 0.25) is 0 Å². The van der Waals surface area contributed by atoms with E-state index in [2.05, 4.69) is 4.74 Å². The van der Waals surface area contributed by atoms with E-state index in [1.165, 1.54) is 14.0 Å². The molecule has 0 aliphatic rings. The van der Waals surface area contributed by atoms with Crippen molar-refractivity contribution >= 4 is 11.8 Å². The summed E-state index contributed by atoms with van der Waals surface area (Å²) in [7, 11) is 1.35. The zero-order chi connectivity index (χ0) is 11.0. The van der Waals surface area contributed by atoms with Crippen LogP contribution in [0.4, 0.5) is 0 Å². The Morgan fingerprint density at radius 1 is 1.36 bits per heavy atom. The highest BCUT2D eigenvalue weighted by molar-refractivity contribution is 5.82. The van der Waals surface area contributed by atoms with E-state index >= 15 is 0 Å². The lowest BCUT2D eigenvalue weighted by Crippen LogP contribution is -2.18. The number of carbonyl (C=O) groups is 2. The molecule has 0 amide bonds. The number of methoxy groups -OCH3 is 1. The maximum atomic E-state index is 11.2. The first-order valence-electron chi connectivity index (χ1n) is 4.84. The van der Waals surface area contributed by atoms with E-state index in [0.29, 0.717) is 6.42 Å². The van der Waals surface area contributed by atoms with Crippen LogP contribution in [0, 0.1) is 5.92 Å². The molecule has 0 aliphatic carbocycles. The van der Waals surface area contributed by atoms with E-state index < -0.39 is 0 Å². The van der Waals surface area contributed by atoms with Gasteiger partial charge in [-0.15, -0.1) is 0 Å². The van der Waals surface area contributed by atoms with E-state index in [1.807, 2.05) is 19.1 Å². The summed E-state index contributed by atoms with van der Waals surface area (Å²) in [6, 6.07) is 0. The van der Waals surface area contributed by atoms with Gasteiger partial charge in [0.1, 0.15) is 5.78 Å². The highest BCUT2D eigenvalue weighted by Gasteiger charge is 2.19. The third-order valence-electron chi connectivity index (χ3n) is 1.89. The van der Waals surface area contributed by atoms with Crippen molar-refractivity contribution in [1.29, 1.82) is 0 Å². The maximum Gasteiger partial charge on any atom is 0.309 e. The van der Waals surface area contributed by atoms with Crippen LogP contribution < -0.4 is 0 Å². The first-order valence-corrected chi connectivity index (χ1v) is 4.84. The van der Waals surface area contributed by atoms with Crippen molar-refractivity contribution in [2.24, 2.45) is 5.92 Å². The van der Waals surface area contributed by atoms with Crippen molar-refractivity contribution < 1.29 is 14.3 Å². The molecule has 0 aromatic rings. The Bertz CT molecular complexity index is 219. The Labute approximate surface area is 85.1 Å². The molecule has 0 radical (unpaired) electrons. The van der Waals surface area contributed by atoms with Gasteiger partial charge in [0.05, 0.1) is 13.0 Å². The minimum atomic E-state index is -0.319. The fourth-order valence-corrected chi connectivity index (χ4v) is 1.20. The van der Waals surface area contributed by atoms with E-state index in [-0.39, 0.29) is 24.1 Å². The standard InChI is InChI=1S/C11H18O3/c1-4-5-6-7-10(8-9(2)12)11(13)14-3/h5-6,10H,4,7-8H2,1-3H3/b6-5+. The number of allylic oxidation sites excluding steroid dienone is 2. The van der Waals surface area contributed by atoms with Crippen LogP contribution in [0.1, 0.15) is 33.1 Å². The molecule has 0 fully saturated rings. The van der Waals surface area contributed by atoms with Crippen molar-refractivity contribution in [1.82, 2.24) is 0 Å². The summed E-state index contributed by atoms with van der Waals surface area (Å²) in [6.07, 6.45) is 5.69. The van der Waals surface area contributed by atoms with Crippen LogP contribution in [-0.4, -0.2) is 18.9 Å². The molecule has 0 rings (SSSR count). The molecule has 1 unspecified atom stereocenters. The zero-order valence-corrected chi connectivity index (χ0v) is 9.08. The second-order valence-corrected chi connectivity index (χ2v) is 3.24. The SMILES string of the molecule is CC/C=C/CC(CC(C)=O)C(=O)OC. The van der Waals surface area contributed by atoms with Crippen LogP contribution in [0.2, 0.25) is 0 Å². The topological polar surface area (TPSA) is 43.4 Å². The maximum absolute atomic E-state index is 11.2. The molecule has 0 saturated carbocycles. The van der Waals surface area contributed by atoms with Crippen LogP contribution in [0.25, 0.3) is 0 Å². The Morgan fingerprint density at radius 2 is 2.00 bits per heavy atom. The highest BCUT2D eigenvalue weighted by atomic mass is 16.5. The van der Waals surface area contributed by atoms with Crippen LogP contribution >= 0.6 is 0 Å². The molecule has 3 heteroatoms. The lowest BCUT2D eigenvalue weighted by Gasteiger charge is -2.09. The van der Waals surface area contributed by atoms with Crippen LogP contribution in [0.15, 0.2) is 12.2 Å². The molecule has 0 spiro atoms. The Hall–Kier alpha value is -1.12. The number of ether oxygens (including phenoxy) is 1. The minimum Gasteiger partial charge on any atom is -0.469 e. The quantitative estimate of drug-likeness (QED) is 0.485. The number of rotatable bonds is 6. The van der Waals surface area contributed by atoms with Gasteiger partial charge in [0.15, 0.2) is 0 Å². The molecule has 14 heavy (non-hydrogen) atoms. The van der Waals surface area contributed by atoms with E-state index in [1.54, 1.807) is 0 Å². The number of esters is 1. The molecule has 0 aliphatic heterocycles. The van der Waals surface area contributed by atoms with E-state index in [9.17, 15) is 9.59 Å². The normalized spacial score (nSPS) is 12.8. The molecule has 0 heterocycles. The van der Waals surface area contributed by atoms with Gasteiger partial charge < -0.3 is 9.53 Å². The zero-order valence-electron chi connectivity index (χ0n) is 9.08. The second kappa shape index (κ2) is 7.30. The van der Waals surface area contributed by atoms with Gasteiger partial charge in [-0.1, -0.05) is 19.1 Å². The van der Waals surface area contributed by atoms with Crippen molar-refractivity contribution in [3.05, 3.63) is 12.2 Å². The smallest absolute Gasteiger partial charge is 0.309 e. The van der Waals surface area contributed by atoms with Gasteiger partial charge in [-0.3, -0.25) is 4.79 Å². The molecular formula is C11H18O3. The van der Waals surface area contributed by atoms with Gasteiger partial charge in [-0.25, -0.2) is 0 Å². The predicted molar refractivity (Wildman–Crippen MR) is 54.9 cm³/mol. The third-order valence-corrected chi connectivity index (χ3v) is 1.89. The fourth-order valence-electron chi connectivity index (χ4n) is 1.20. The monoisotopic (exact) mass is 198 g/mol. The number of hydrogen-bond donors (Lipinski definition) is 0. The van der Waals surface area contributed by atoms with Gasteiger partial charge >= 0.3 is 5.97 Å². The summed E-state index contributed by atoms with van der Waals surface area (Å²) in [5.41, 5.74) is 0. The number of ketones is 1. The average Bonchev–Trinajstić information content (AvgIpc) is 2.15. The lowest BCUT2D eigenvalue weighted by atomic mass is 9.99. The van der Waals surface area contributed by atoms with Gasteiger partial charge in [0, 0.05) is 6.42 Å². The molecule has 0 N–H and O–H groups in total. The molecule has 1 atom stereocenters. The van der Waals surface area contributed by atoms with Crippen LogP contribution in [0.3, 0.4) is 0 Å². The Morgan fingerprint density at radius 3 is 2.43 bits per heavy atom. The summed E-state index contributed by atoms with van der Waals surface area (Å²) in [5.74, 6) is -0.605. The summed E-state index contributed by atoms with van der Waals surface area (Å²) >= 11 is 0. The third kappa shape index (κ3) is 5.51. The second-order valence-electron chi connectivity index (χ2n) is 3.24. The molecule has 0 saturated heterocycles. The summed E-state index contributed by atoms with van der Waals surface area (Å²) < 4.78 is 4.62. The Kier molecular flexibility index (Phi) is 6.72. The molecule has 3 nitrogen and oxygen atoms in total. The van der Waals surface area contributed by atoms with Crippen molar-refractivity contribution in [3.63, 3.8) is 0 Å². The van der Waals surface area contributed by atoms with Crippen LogP contribution in [-0.2, 0) is 14.3 Å². The molecular weight excluding hydrogens is 180 g/mol. The predicted octanol–water partition coefficient (Wildman–Crippen LogP) is 2.11. The highest BCUT2D eigenvalue weighted by Crippen LogP contribution is 2.12. The first kappa shape index (κ1) is 12.9. The number of Topliss-reactive ketones (excluding diaryl/α,β-unsaturated/α-hetero) is 1. The van der Waals surface area contributed by atoms with Crippen molar-refractivity contribution in [2.45, 2.75) is 33.1 Å². The molecule has 0 aromatic heterocycles. The lowest BCUT2D eigenvalue weighted by molar-refractivity contribution is -0.146. The number of hydrogen-bond acceptors (Lipinski definition) is 3. The largest absolute Gasteiger partial charge is 0.469 e. The number of carbonyl (C=O) groups excluding carboxylic acids is 2. The minimum absolute atomic E-state index is 0.0188. The molecule has 0 bridgehead atoms. The first-order chi connectivity index (χ1) is 6.61. The molecule has 80 valence electrons. The Balaban J connectivity index is 4.17.